The molecule has 2 aromatic carbocycles. The molecule has 0 bridgehead atoms. The minimum absolute atomic E-state index is 0.0680. The highest BCUT2D eigenvalue weighted by Gasteiger charge is 2.08. The fraction of sp³-hybridized carbons (Fsp3) is 0.333. The molecule has 2 amide bonds. The SMILES string of the molecule is CCC(=O)Nc1cccc(NC(=O)c2ccc(OCCC(C)C)cc2)c1. The quantitative estimate of drug-likeness (QED) is 0.721. The lowest BCUT2D eigenvalue weighted by Gasteiger charge is -2.10. The first-order valence-corrected chi connectivity index (χ1v) is 8.92. The number of carbonyl (C=O) groups excluding carboxylic acids is 2. The maximum Gasteiger partial charge on any atom is 0.255 e. The average molecular weight is 354 g/mol. The van der Waals surface area contributed by atoms with E-state index in [9.17, 15) is 9.59 Å². The lowest BCUT2D eigenvalue weighted by atomic mass is 10.1. The van der Waals surface area contributed by atoms with Crippen LogP contribution >= 0.6 is 0 Å². The highest BCUT2D eigenvalue weighted by Crippen LogP contribution is 2.18. The van der Waals surface area contributed by atoms with E-state index in [-0.39, 0.29) is 11.8 Å². The number of hydrogen-bond acceptors (Lipinski definition) is 3. The molecule has 26 heavy (non-hydrogen) atoms. The van der Waals surface area contributed by atoms with E-state index in [1.807, 2.05) is 0 Å². The second kappa shape index (κ2) is 9.61. The molecule has 5 heteroatoms. The molecule has 2 N–H and O–H groups in total. The molecule has 0 aromatic heterocycles. The van der Waals surface area contributed by atoms with Crippen LogP contribution in [-0.4, -0.2) is 18.4 Å². The molecule has 2 rings (SSSR count). The van der Waals surface area contributed by atoms with Crippen molar-refractivity contribution in [3.05, 3.63) is 54.1 Å². The van der Waals surface area contributed by atoms with Gasteiger partial charge in [-0.15, -0.1) is 0 Å². The normalized spacial score (nSPS) is 10.5. The molecular formula is C21H26N2O3. The van der Waals surface area contributed by atoms with Gasteiger partial charge in [0.2, 0.25) is 5.91 Å². The van der Waals surface area contributed by atoms with Gasteiger partial charge in [0.05, 0.1) is 6.61 Å². The molecule has 0 unspecified atom stereocenters. The first kappa shape index (κ1) is 19.5. The third-order valence-electron chi connectivity index (χ3n) is 3.81. The zero-order chi connectivity index (χ0) is 18.9. The summed E-state index contributed by atoms with van der Waals surface area (Å²) in [6.07, 6.45) is 1.40. The molecule has 0 saturated heterocycles. The largest absolute Gasteiger partial charge is 0.494 e. The standard InChI is InChI=1S/C21H26N2O3/c1-4-20(24)22-17-6-5-7-18(14-17)23-21(25)16-8-10-19(11-9-16)26-13-12-15(2)3/h5-11,14-15H,4,12-13H2,1-3H3,(H,22,24)(H,23,25). The number of carbonyl (C=O) groups is 2. The van der Waals surface area contributed by atoms with E-state index in [1.165, 1.54) is 0 Å². The second-order valence-electron chi connectivity index (χ2n) is 6.49. The minimum Gasteiger partial charge on any atom is -0.494 e. The number of benzene rings is 2. The Bertz CT molecular complexity index is 739. The molecular weight excluding hydrogens is 328 g/mol. The van der Waals surface area contributed by atoms with E-state index in [4.69, 9.17) is 4.74 Å². The first-order valence-electron chi connectivity index (χ1n) is 8.92. The highest BCUT2D eigenvalue weighted by molar-refractivity contribution is 6.04. The van der Waals surface area contributed by atoms with Gasteiger partial charge in [-0.2, -0.15) is 0 Å². The monoisotopic (exact) mass is 354 g/mol. The van der Waals surface area contributed by atoms with Crippen molar-refractivity contribution in [2.75, 3.05) is 17.2 Å². The van der Waals surface area contributed by atoms with Crippen molar-refractivity contribution >= 4 is 23.2 Å². The van der Waals surface area contributed by atoms with Crippen LogP contribution in [0.2, 0.25) is 0 Å². The Labute approximate surface area is 154 Å². The molecule has 5 nitrogen and oxygen atoms in total. The molecule has 0 saturated carbocycles. The van der Waals surface area contributed by atoms with Gasteiger partial charge in [-0.05, 0) is 54.8 Å². The van der Waals surface area contributed by atoms with Crippen molar-refractivity contribution in [3.63, 3.8) is 0 Å². The molecule has 0 aliphatic carbocycles. The number of ether oxygens (including phenoxy) is 1. The predicted octanol–water partition coefficient (Wildman–Crippen LogP) is 4.71. The number of rotatable bonds is 8. The average Bonchev–Trinajstić information content (AvgIpc) is 2.62. The molecule has 2 aromatic rings. The lowest BCUT2D eigenvalue weighted by Crippen LogP contribution is -2.13. The summed E-state index contributed by atoms with van der Waals surface area (Å²) in [6.45, 7) is 6.76. The van der Waals surface area contributed by atoms with Gasteiger partial charge in [-0.1, -0.05) is 26.8 Å². The van der Waals surface area contributed by atoms with Crippen LogP contribution in [0.15, 0.2) is 48.5 Å². The minimum atomic E-state index is -0.210. The molecule has 0 fully saturated rings. The van der Waals surface area contributed by atoms with E-state index in [0.29, 0.717) is 35.9 Å². The molecule has 0 aliphatic rings. The summed E-state index contributed by atoms with van der Waals surface area (Å²) < 4.78 is 5.66. The fourth-order valence-corrected chi connectivity index (χ4v) is 2.24. The zero-order valence-corrected chi connectivity index (χ0v) is 15.5. The molecule has 0 atom stereocenters. The van der Waals surface area contributed by atoms with Crippen molar-refractivity contribution in [2.45, 2.75) is 33.6 Å². The smallest absolute Gasteiger partial charge is 0.255 e. The van der Waals surface area contributed by atoms with Crippen LogP contribution in [0.25, 0.3) is 0 Å². The topological polar surface area (TPSA) is 67.4 Å². The van der Waals surface area contributed by atoms with E-state index < -0.39 is 0 Å². The number of hydrogen-bond donors (Lipinski definition) is 2. The maximum absolute atomic E-state index is 12.4. The summed E-state index contributed by atoms with van der Waals surface area (Å²) in [4.78, 5) is 23.8. The summed E-state index contributed by atoms with van der Waals surface area (Å²) in [6, 6.07) is 14.2. The molecule has 0 spiro atoms. The van der Waals surface area contributed by atoms with E-state index >= 15 is 0 Å². The summed E-state index contributed by atoms with van der Waals surface area (Å²) in [5.74, 6) is 1.07. The van der Waals surface area contributed by atoms with Crippen molar-refractivity contribution in [2.24, 2.45) is 5.92 Å². The summed E-state index contributed by atoms with van der Waals surface area (Å²) in [5, 5.41) is 5.61. The van der Waals surface area contributed by atoms with Crippen molar-refractivity contribution in [3.8, 4) is 5.75 Å². The van der Waals surface area contributed by atoms with Crippen LogP contribution in [0.3, 0.4) is 0 Å². The van der Waals surface area contributed by atoms with Crippen molar-refractivity contribution in [1.29, 1.82) is 0 Å². The maximum atomic E-state index is 12.4. The van der Waals surface area contributed by atoms with Crippen molar-refractivity contribution in [1.82, 2.24) is 0 Å². The van der Waals surface area contributed by atoms with Gasteiger partial charge >= 0.3 is 0 Å². The van der Waals surface area contributed by atoms with Gasteiger partial charge in [0, 0.05) is 23.4 Å². The Hall–Kier alpha value is -2.82. The van der Waals surface area contributed by atoms with Crippen LogP contribution in [0.4, 0.5) is 11.4 Å². The molecule has 0 heterocycles. The Kier molecular flexibility index (Phi) is 7.21. The Morgan fingerprint density at radius 1 is 1.00 bits per heavy atom. The fourth-order valence-electron chi connectivity index (χ4n) is 2.24. The molecule has 138 valence electrons. The first-order chi connectivity index (χ1) is 12.5. The van der Waals surface area contributed by atoms with Gasteiger partial charge in [0.1, 0.15) is 5.75 Å². The number of nitrogens with one attached hydrogen (secondary N) is 2. The van der Waals surface area contributed by atoms with Crippen LogP contribution < -0.4 is 15.4 Å². The third kappa shape index (κ3) is 6.24. The highest BCUT2D eigenvalue weighted by atomic mass is 16.5. The van der Waals surface area contributed by atoms with Crippen LogP contribution in [0.1, 0.15) is 44.0 Å². The van der Waals surface area contributed by atoms with Gasteiger partial charge < -0.3 is 15.4 Å². The van der Waals surface area contributed by atoms with E-state index in [1.54, 1.807) is 55.5 Å². The van der Waals surface area contributed by atoms with Crippen LogP contribution in [0, 0.1) is 5.92 Å². The summed E-state index contributed by atoms with van der Waals surface area (Å²) in [7, 11) is 0. The summed E-state index contributed by atoms with van der Waals surface area (Å²) in [5.41, 5.74) is 1.83. The van der Waals surface area contributed by atoms with Gasteiger partial charge in [-0.25, -0.2) is 0 Å². The van der Waals surface area contributed by atoms with E-state index in [2.05, 4.69) is 24.5 Å². The lowest BCUT2D eigenvalue weighted by molar-refractivity contribution is -0.115. The van der Waals surface area contributed by atoms with Crippen molar-refractivity contribution < 1.29 is 14.3 Å². The Balaban J connectivity index is 1.95. The van der Waals surface area contributed by atoms with Gasteiger partial charge in [-0.3, -0.25) is 9.59 Å². The van der Waals surface area contributed by atoms with Crippen LogP contribution in [0.5, 0.6) is 5.75 Å². The van der Waals surface area contributed by atoms with Gasteiger partial charge in [0.15, 0.2) is 0 Å². The van der Waals surface area contributed by atoms with Crippen LogP contribution in [-0.2, 0) is 4.79 Å². The number of amides is 2. The molecule has 0 radical (unpaired) electrons. The summed E-state index contributed by atoms with van der Waals surface area (Å²) >= 11 is 0. The molecule has 0 aliphatic heterocycles. The third-order valence-corrected chi connectivity index (χ3v) is 3.81. The number of anilines is 2. The Morgan fingerprint density at radius 2 is 1.65 bits per heavy atom. The van der Waals surface area contributed by atoms with E-state index in [0.717, 1.165) is 12.2 Å². The zero-order valence-electron chi connectivity index (χ0n) is 15.5. The Morgan fingerprint density at radius 3 is 2.27 bits per heavy atom. The second-order valence-corrected chi connectivity index (χ2v) is 6.49. The predicted molar refractivity (Wildman–Crippen MR) is 105 cm³/mol. The van der Waals surface area contributed by atoms with Gasteiger partial charge in [0.25, 0.3) is 5.91 Å².